The number of phenols is 1. The van der Waals surface area contributed by atoms with E-state index in [0.29, 0.717) is 11.1 Å². The molecule has 0 unspecified atom stereocenters. The monoisotopic (exact) mass is 301 g/mol. The molecule has 1 N–H and O–H groups in total. The van der Waals surface area contributed by atoms with Crippen molar-refractivity contribution in [2.45, 2.75) is 0 Å². The highest BCUT2D eigenvalue weighted by atomic mass is 16.5. The molecule has 3 rings (SSSR count). The number of rotatable bonds is 3. The summed E-state index contributed by atoms with van der Waals surface area (Å²) in [5.74, 6) is 0.893. The summed E-state index contributed by atoms with van der Waals surface area (Å²) in [4.78, 5) is 0. The van der Waals surface area contributed by atoms with Gasteiger partial charge >= 0.3 is 0 Å². The van der Waals surface area contributed by atoms with Crippen LogP contribution < -0.4 is 4.74 Å². The van der Waals surface area contributed by atoms with Gasteiger partial charge in [-0.25, -0.2) is 0 Å². The summed E-state index contributed by atoms with van der Waals surface area (Å²) in [6.45, 7) is 0. The first-order valence-electron chi connectivity index (χ1n) is 7.20. The van der Waals surface area contributed by atoms with E-state index in [9.17, 15) is 10.4 Å². The molecule has 0 amide bonds. The van der Waals surface area contributed by atoms with E-state index in [4.69, 9.17) is 4.74 Å². The lowest BCUT2D eigenvalue weighted by Gasteiger charge is -2.07. The summed E-state index contributed by atoms with van der Waals surface area (Å²) < 4.78 is 5.14. The summed E-state index contributed by atoms with van der Waals surface area (Å²) >= 11 is 0. The van der Waals surface area contributed by atoms with E-state index >= 15 is 0 Å². The maximum Gasteiger partial charge on any atom is 0.123 e. The predicted molar refractivity (Wildman–Crippen MR) is 92.1 cm³/mol. The van der Waals surface area contributed by atoms with E-state index in [0.717, 1.165) is 22.1 Å². The van der Waals surface area contributed by atoms with E-state index in [1.54, 1.807) is 19.3 Å². The highest BCUT2D eigenvalue weighted by Crippen LogP contribution is 2.31. The zero-order valence-corrected chi connectivity index (χ0v) is 12.7. The van der Waals surface area contributed by atoms with Gasteiger partial charge in [0.1, 0.15) is 11.5 Å². The van der Waals surface area contributed by atoms with Crippen LogP contribution in [0, 0.1) is 11.3 Å². The maximum absolute atomic E-state index is 10.2. The lowest BCUT2D eigenvalue weighted by Crippen LogP contribution is -1.86. The molecule has 112 valence electrons. The van der Waals surface area contributed by atoms with Gasteiger partial charge in [0.25, 0.3) is 0 Å². The molecule has 3 nitrogen and oxygen atoms in total. The van der Waals surface area contributed by atoms with Crippen LogP contribution in [-0.4, -0.2) is 12.2 Å². The minimum atomic E-state index is 0.157. The first-order chi connectivity index (χ1) is 11.2. The SMILES string of the molecule is COc1ccc(/C(C#N)=C/c2c(O)ccc3ccccc23)cc1. The van der Waals surface area contributed by atoms with Crippen molar-refractivity contribution in [1.82, 2.24) is 0 Å². The minimum Gasteiger partial charge on any atom is -0.507 e. The van der Waals surface area contributed by atoms with Gasteiger partial charge in [-0.3, -0.25) is 0 Å². The average Bonchev–Trinajstić information content (AvgIpc) is 2.61. The van der Waals surface area contributed by atoms with Crippen LogP contribution in [0.1, 0.15) is 11.1 Å². The summed E-state index contributed by atoms with van der Waals surface area (Å²) in [5.41, 5.74) is 1.91. The predicted octanol–water partition coefficient (Wildman–Crippen LogP) is 4.62. The number of nitrogens with zero attached hydrogens (tertiary/aromatic N) is 1. The van der Waals surface area contributed by atoms with Crippen molar-refractivity contribution in [3.05, 3.63) is 71.8 Å². The Morgan fingerprint density at radius 2 is 1.78 bits per heavy atom. The molecule has 0 saturated heterocycles. The smallest absolute Gasteiger partial charge is 0.123 e. The second kappa shape index (κ2) is 6.25. The Morgan fingerprint density at radius 3 is 2.48 bits per heavy atom. The maximum atomic E-state index is 10.2. The second-order valence-corrected chi connectivity index (χ2v) is 5.12. The third-order valence-corrected chi connectivity index (χ3v) is 3.76. The highest BCUT2D eigenvalue weighted by molar-refractivity contribution is 6.00. The molecule has 23 heavy (non-hydrogen) atoms. The lowest BCUT2D eigenvalue weighted by atomic mass is 9.99. The number of methoxy groups -OCH3 is 1. The standard InChI is InChI=1S/C20H15NO2/c1-23-17-9-6-14(7-10-17)16(13-21)12-19-18-5-3-2-4-15(18)8-11-20(19)22/h2-12,22H,1H3/b16-12+. The van der Waals surface area contributed by atoms with Gasteiger partial charge < -0.3 is 9.84 Å². The van der Waals surface area contributed by atoms with Gasteiger partial charge in [0.05, 0.1) is 18.8 Å². The number of nitriles is 1. The minimum absolute atomic E-state index is 0.157. The Kier molecular flexibility index (Phi) is 3.99. The van der Waals surface area contributed by atoms with Gasteiger partial charge in [0.15, 0.2) is 0 Å². The van der Waals surface area contributed by atoms with Crippen LogP contribution in [0.25, 0.3) is 22.4 Å². The van der Waals surface area contributed by atoms with Crippen molar-refractivity contribution in [1.29, 1.82) is 5.26 Å². The van der Waals surface area contributed by atoms with E-state index in [-0.39, 0.29) is 5.75 Å². The van der Waals surface area contributed by atoms with E-state index in [1.807, 2.05) is 54.6 Å². The van der Waals surface area contributed by atoms with E-state index < -0.39 is 0 Å². The molecule has 3 aromatic carbocycles. The fraction of sp³-hybridized carbons (Fsp3) is 0.0500. The fourth-order valence-corrected chi connectivity index (χ4v) is 2.53. The van der Waals surface area contributed by atoms with Crippen LogP contribution in [0.2, 0.25) is 0 Å². The topological polar surface area (TPSA) is 53.2 Å². The average molecular weight is 301 g/mol. The summed E-state index contributed by atoms with van der Waals surface area (Å²) in [6, 6.07) is 20.8. The van der Waals surface area contributed by atoms with E-state index in [2.05, 4.69) is 6.07 Å². The zero-order chi connectivity index (χ0) is 16.2. The fourth-order valence-electron chi connectivity index (χ4n) is 2.53. The first kappa shape index (κ1) is 14.7. The third-order valence-electron chi connectivity index (χ3n) is 3.76. The van der Waals surface area contributed by atoms with Crippen LogP contribution in [-0.2, 0) is 0 Å². The molecule has 0 spiro atoms. The number of allylic oxidation sites excluding steroid dienone is 1. The molecular formula is C20H15NO2. The molecule has 0 atom stereocenters. The van der Waals surface area contributed by atoms with Crippen LogP contribution in [0.5, 0.6) is 11.5 Å². The van der Waals surface area contributed by atoms with Gasteiger partial charge in [-0.2, -0.15) is 5.26 Å². The summed E-state index contributed by atoms with van der Waals surface area (Å²) in [5, 5.41) is 21.6. The number of hydrogen-bond acceptors (Lipinski definition) is 3. The van der Waals surface area contributed by atoms with Crippen LogP contribution in [0.3, 0.4) is 0 Å². The number of phenolic OH excluding ortho intramolecular Hbond substituents is 1. The molecule has 0 bridgehead atoms. The quantitative estimate of drug-likeness (QED) is 0.567. The van der Waals surface area contributed by atoms with E-state index in [1.165, 1.54) is 0 Å². The van der Waals surface area contributed by atoms with Crippen molar-refractivity contribution in [2.24, 2.45) is 0 Å². The van der Waals surface area contributed by atoms with Gasteiger partial charge in [-0.1, -0.05) is 30.3 Å². The van der Waals surface area contributed by atoms with Crippen molar-refractivity contribution in [3.63, 3.8) is 0 Å². The normalized spacial score (nSPS) is 11.2. The Hall–Kier alpha value is -3.25. The van der Waals surface area contributed by atoms with Crippen molar-refractivity contribution in [2.75, 3.05) is 7.11 Å². The zero-order valence-electron chi connectivity index (χ0n) is 12.7. The summed E-state index contributed by atoms with van der Waals surface area (Å²) in [7, 11) is 1.60. The van der Waals surface area contributed by atoms with Gasteiger partial charge in [0.2, 0.25) is 0 Å². The Labute approximate surface area is 134 Å². The largest absolute Gasteiger partial charge is 0.507 e. The molecule has 0 fully saturated rings. The Morgan fingerprint density at radius 1 is 1.04 bits per heavy atom. The molecule has 0 aromatic heterocycles. The molecule has 0 saturated carbocycles. The second-order valence-electron chi connectivity index (χ2n) is 5.12. The number of fused-ring (bicyclic) bond motifs is 1. The van der Waals surface area contributed by atoms with Crippen molar-refractivity contribution in [3.8, 4) is 17.6 Å². The van der Waals surface area contributed by atoms with Crippen LogP contribution >= 0.6 is 0 Å². The number of ether oxygens (including phenoxy) is 1. The van der Waals surface area contributed by atoms with Crippen LogP contribution in [0.4, 0.5) is 0 Å². The molecule has 3 aromatic rings. The van der Waals surface area contributed by atoms with Crippen LogP contribution in [0.15, 0.2) is 60.7 Å². The Bertz CT molecular complexity index is 919. The number of benzene rings is 3. The lowest BCUT2D eigenvalue weighted by molar-refractivity contribution is 0.415. The molecule has 0 aliphatic rings. The third kappa shape index (κ3) is 2.88. The van der Waals surface area contributed by atoms with Crippen molar-refractivity contribution < 1.29 is 9.84 Å². The highest BCUT2D eigenvalue weighted by Gasteiger charge is 2.08. The molecule has 0 aliphatic heterocycles. The molecule has 0 heterocycles. The van der Waals surface area contributed by atoms with Gasteiger partial charge in [-0.05, 0) is 52.7 Å². The first-order valence-corrected chi connectivity index (χ1v) is 7.20. The molecule has 3 heteroatoms. The molecule has 0 radical (unpaired) electrons. The van der Waals surface area contributed by atoms with Crippen molar-refractivity contribution >= 4 is 22.4 Å². The Balaban J connectivity index is 2.15. The number of aromatic hydroxyl groups is 1. The molecule has 0 aliphatic carbocycles. The number of hydrogen-bond donors (Lipinski definition) is 1. The summed E-state index contributed by atoms with van der Waals surface area (Å²) in [6.07, 6.45) is 1.72. The molecular weight excluding hydrogens is 286 g/mol. The van der Waals surface area contributed by atoms with Gasteiger partial charge in [-0.15, -0.1) is 0 Å². The van der Waals surface area contributed by atoms with Gasteiger partial charge in [0, 0.05) is 5.56 Å².